The van der Waals surface area contributed by atoms with E-state index in [4.69, 9.17) is 23.7 Å². The Bertz CT molecular complexity index is 1260. The maximum absolute atomic E-state index is 12.8. The molecule has 3 aliphatic rings. The summed E-state index contributed by atoms with van der Waals surface area (Å²) in [7, 11) is 1.65. The molecule has 7 atom stereocenters. The second kappa shape index (κ2) is 14.8. The first-order chi connectivity index (χ1) is 21.4. The molecule has 1 aliphatic carbocycles. The summed E-state index contributed by atoms with van der Waals surface area (Å²) in [4.78, 5) is 48.0. The predicted octanol–water partition coefficient (Wildman–Crippen LogP) is 3.08. The minimum Gasteiger partial charge on any atom is -0.443 e. The number of hydrogen-bond acceptors (Lipinski definition) is 9. The Labute approximate surface area is 264 Å². The van der Waals surface area contributed by atoms with E-state index < -0.39 is 35.7 Å². The number of carbonyl (C=O) groups excluding carboxylic acids is 4. The largest absolute Gasteiger partial charge is 0.443 e. The van der Waals surface area contributed by atoms with E-state index in [9.17, 15) is 19.2 Å². The van der Waals surface area contributed by atoms with Gasteiger partial charge in [-0.25, -0.2) is 4.79 Å². The molecule has 4 rings (SSSR count). The lowest BCUT2D eigenvalue weighted by Crippen LogP contribution is -2.56. The van der Waals surface area contributed by atoms with Crippen molar-refractivity contribution in [2.45, 2.75) is 95.9 Å². The Morgan fingerprint density at radius 3 is 2.44 bits per heavy atom. The Kier molecular flexibility index (Phi) is 11.4. The van der Waals surface area contributed by atoms with Gasteiger partial charge in [-0.05, 0) is 78.0 Å². The van der Waals surface area contributed by atoms with Crippen LogP contribution in [0.25, 0.3) is 0 Å². The monoisotopic (exact) mass is 629 g/mol. The van der Waals surface area contributed by atoms with E-state index in [2.05, 4.69) is 42.8 Å². The lowest BCUT2D eigenvalue weighted by Gasteiger charge is -2.42. The van der Waals surface area contributed by atoms with Crippen molar-refractivity contribution in [3.05, 3.63) is 41.5 Å². The number of rotatable bonds is 15. The fraction of sp³-hybridized carbons (Fsp3) is 0.636. The third kappa shape index (κ3) is 9.12. The van der Waals surface area contributed by atoms with E-state index in [-0.39, 0.29) is 42.7 Å². The summed E-state index contributed by atoms with van der Waals surface area (Å²) >= 11 is 0. The third-order valence-corrected chi connectivity index (χ3v) is 8.71. The minimum atomic E-state index is -0.795. The summed E-state index contributed by atoms with van der Waals surface area (Å²) in [6, 6.07) is 6.41. The molecule has 0 aromatic heterocycles. The van der Waals surface area contributed by atoms with Crippen molar-refractivity contribution in [3.63, 3.8) is 0 Å². The van der Waals surface area contributed by atoms with Gasteiger partial charge >= 0.3 is 6.09 Å². The van der Waals surface area contributed by atoms with Crippen LogP contribution in [0.1, 0.15) is 59.4 Å². The molecule has 0 radical (unpaired) electrons. The van der Waals surface area contributed by atoms with Crippen LogP contribution >= 0.6 is 0 Å². The summed E-state index contributed by atoms with van der Waals surface area (Å²) < 4.78 is 29.0. The van der Waals surface area contributed by atoms with E-state index in [0.717, 1.165) is 18.4 Å². The molecule has 1 aromatic carbocycles. The molecule has 12 nitrogen and oxygen atoms in total. The van der Waals surface area contributed by atoms with Crippen molar-refractivity contribution in [2.75, 3.05) is 38.8 Å². The molecule has 2 unspecified atom stereocenters. The molecule has 3 N–H and O–H groups in total. The number of epoxide rings is 2. The first-order valence-electron chi connectivity index (χ1n) is 15.6. The number of Topliss-reactive ketones (excluding diaryl/α,β-unsaturated/α-hetero) is 1. The quantitative estimate of drug-likeness (QED) is 0.196. The van der Waals surface area contributed by atoms with Gasteiger partial charge in [0.25, 0.3) is 0 Å². The van der Waals surface area contributed by atoms with Crippen LogP contribution in [-0.2, 0) is 44.5 Å². The highest BCUT2D eigenvalue weighted by Crippen LogP contribution is 2.59. The topological polar surface area (TPSA) is 157 Å². The van der Waals surface area contributed by atoms with Gasteiger partial charge < -0.3 is 39.6 Å². The summed E-state index contributed by atoms with van der Waals surface area (Å²) in [5.74, 6) is -1.11. The molecule has 1 aromatic rings. The van der Waals surface area contributed by atoms with Gasteiger partial charge in [0.1, 0.15) is 42.7 Å². The van der Waals surface area contributed by atoms with Crippen LogP contribution in [0.15, 0.2) is 35.9 Å². The number of hydrogen-bond donors (Lipinski definition) is 3. The number of alkyl carbamates (subject to hydrolysis) is 1. The number of amides is 3. The van der Waals surface area contributed by atoms with Crippen molar-refractivity contribution >= 4 is 29.4 Å². The van der Waals surface area contributed by atoms with E-state index >= 15 is 0 Å². The highest BCUT2D eigenvalue weighted by atomic mass is 16.6. The van der Waals surface area contributed by atoms with Crippen molar-refractivity contribution in [3.8, 4) is 0 Å². The number of ketones is 1. The van der Waals surface area contributed by atoms with Crippen LogP contribution in [0.4, 0.5) is 10.5 Å². The van der Waals surface area contributed by atoms with Crippen molar-refractivity contribution < 1.29 is 42.9 Å². The number of anilines is 1. The standard InChI is InChI=1S/C33H47N3O9/c1-20(2)7-12-26-32(5,45-26)29-28(41-6)25(13-15-33(29)19-43-33)44-31(40)34-16-14-23-8-10-24(11-9-23)36-30(39)22(4)35-27(38)18-42-17-21(3)37/h7-11,22,25-26,28-29H,12-19H2,1-6H3,(H,34,40)(H,35,38)(H,36,39)/t22-,25+,26?,28+,29+,32?,33-/m0/s1. The molecule has 248 valence electrons. The van der Waals surface area contributed by atoms with E-state index in [1.807, 2.05) is 12.1 Å². The van der Waals surface area contributed by atoms with Gasteiger partial charge in [0, 0.05) is 19.3 Å². The smallest absolute Gasteiger partial charge is 0.407 e. The van der Waals surface area contributed by atoms with Gasteiger partial charge in [-0.1, -0.05) is 23.8 Å². The highest BCUT2D eigenvalue weighted by molar-refractivity contribution is 5.97. The molecule has 12 heteroatoms. The van der Waals surface area contributed by atoms with Crippen LogP contribution in [0.5, 0.6) is 0 Å². The molecule has 1 saturated carbocycles. The van der Waals surface area contributed by atoms with Gasteiger partial charge in [0.05, 0.1) is 18.6 Å². The van der Waals surface area contributed by atoms with Crippen LogP contribution < -0.4 is 16.0 Å². The van der Waals surface area contributed by atoms with Gasteiger partial charge in [-0.2, -0.15) is 0 Å². The van der Waals surface area contributed by atoms with Crippen LogP contribution in [0.3, 0.4) is 0 Å². The van der Waals surface area contributed by atoms with Crippen molar-refractivity contribution in [1.29, 1.82) is 0 Å². The van der Waals surface area contributed by atoms with E-state index in [1.54, 1.807) is 26.2 Å². The number of allylic oxidation sites excluding steroid dienone is 1. The van der Waals surface area contributed by atoms with Crippen LogP contribution in [0.2, 0.25) is 0 Å². The maximum atomic E-state index is 12.8. The molecule has 2 heterocycles. The summed E-state index contributed by atoms with van der Waals surface area (Å²) in [5, 5.41) is 8.12. The number of carbonyl (C=O) groups is 4. The summed E-state index contributed by atoms with van der Waals surface area (Å²) in [5.41, 5.74) is 2.09. The lowest BCUT2D eigenvalue weighted by molar-refractivity contribution is -0.131. The Hall–Kier alpha value is -3.32. The van der Waals surface area contributed by atoms with Gasteiger partial charge in [-0.3, -0.25) is 14.4 Å². The zero-order valence-electron chi connectivity index (χ0n) is 27.1. The first-order valence-corrected chi connectivity index (χ1v) is 15.6. The zero-order valence-corrected chi connectivity index (χ0v) is 27.1. The fourth-order valence-electron chi connectivity index (χ4n) is 6.20. The van der Waals surface area contributed by atoms with E-state index in [0.29, 0.717) is 31.7 Å². The minimum absolute atomic E-state index is 0.0397. The molecule has 2 aliphatic heterocycles. The lowest BCUT2D eigenvalue weighted by atomic mass is 9.68. The van der Waals surface area contributed by atoms with Crippen molar-refractivity contribution in [2.24, 2.45) is 5.92 Å². The molecule has 45 heavy (non-hydrogen) atoms. The number of ether oxygens (including phenoxy) is 5. The van der Waals surface area contributed by atoms with Crippen molar-refractivity contribution in [1.82, 2.24) is 10.6 Å². The van der Waals surface area contributed by atoms with Gasteiger partial charge in [0.15, 0.2) is 5.78 Å². The fourth-order valence-corrected chi connectivity index (χ4v) is 6.20. The Morgan fingerprint density at radius 2 is 1.82 bits per heavy atom. The highest BCUT2D eigenvalue weighted by Gasteiger charge is 2.72. The zero-order chi connectivity index (χ0) is 32.8. The van der Waals surface area contributed by atoms with Gasteiger partial charge in [0.2, 0.25) is 11.8 Å². The average Bonchev–Trinajstić information content (AvgIpc) is 3.90. The SMILES string of the molecule is CO[C@H]1[C@H](C2(C)OC2CC=C(C)C)[C@]2(CC[C@H]1OC(=O)NCCc1ccc(NC(=O)[C@H](C)NC(=O)COCC(C)=O)cc1)CO2. The summed E-state index contributed by atoms with van der Waals surface area (Å²) in [6.45, 7) is 9.76. The summed E-state index contributed by atoms with van der Waals surface area (Å²) in [6.07, 6.45) is 3.85. The first kappa shape index (κ1) is 34.6. The Balaban J connectivity index is 1.21. The molecule has 1 spiro atoms. The molecule has 2 saturated heterocycles. The maximum Gasteiger partial charge on any atom is 0.407 e. The third-order valence-electron chi connectivity index (χ3n) is 8.71. The molecule has 0 bridgehead atoms. The van der Waals surface area contributed by atoms with Gasteiger partial charge in [-0.15, -0.1) is 0 Å². The number of methoxy groups -OCH3 is 1. The van der Waals surface area contributed by atoms with E-state index in [1.165, 1.54) is 12.5 Å². The number of benzene rings is 1. The average molecular weight is 630 g/mol. The van der Waals surface area contributed by atoms with Crippen LogP contribution in [-0.4, -0.2) is 92.7 Å². The number of nitrogens with one attached hydrogen (secondary N) is 3. The molecule has 3 amide bonds. The Morgan fingerprint density at radius 1 is 1.11 bits per heavy atom. The predicted molar refractivity (Wildman–Crippen MR) is 166 cm³/mol. The molecular formula is C33H47N3O9. The molecule has 3 fully saturated rings. The normalized spacial score (nSPS) is 28.8. The van der Waals surface area contributed by atoms with Crippen LogP contribution in [0, 0.1) is 5.92 Å². The second-order valence-corrected chi connectivity index (χ2v) is 12.7. The second-order valence-electron chi connectivity index (χ2n) is 12.7. The molecular weight excluding hydrogens is 582 g/mol.